The van der Waals surface area contributed by atoms with Crippen molar-refractivity contribution in [3.05, 3.63) is 83.4 Å². The van der Waals surface area contributed by atoms with Crippen LogP contribution in [0.15, 0.2) is 65.8 Å². The van der Waals surface area contributed by atoms with Crippen LogP contribution in [0, 0.1) is 12.7 Å². The van der Waals surface area contributed by atoms with Gasteiger partial charge in [-0.2, -0.15) is 5.10 Å². The Balaban J connectivity index is 0.00000300. The largest absolute Gasteiger partial charge is 0.356 e. The summed E-state index contributed by atoms with van der Waals surface area (Å²) in [5.74, 6) is 0.507. The van der Waals surface area contributed by atoms with Gasteiger partial charge in [0.1, 0.15) is 5.82 Å². The fourth-order valence-corrected chi connectivity index (χ4v) is 3.09. The fourth-order valence-electron chi connectivity index (χ4n) is 3.09. The Morgan fingerprint density at radius 3 is 2.55 bits per heavy atom. The Morgan fingerprint density at radius 2 is 1.86 bits per heavy atom. The molecule has 0 bridgehead atoms. The first kappa shape index (κ1) is 22.9. The van der Waals surface area contributed by atoms with Crippen LogP contribution in [0.1, 0.15) is 29.8 Å². The molecule has 0 aliphatic heterocycles. The van der Waals surface area contributed by atoms with Gasteiger partial charge >= 0.3 is 0 Å². The topological polar surface area (TPSA) is 54.2 Å². The number of guanidine groups is 1. The molecule has 2 aromatic carbocycles. The number of hydrogen-bond donors (Lipinski definition) is 2. The summed E-state index contributed by atoms with van der Waals surface area (Å²) < 4.78 is 14.8. The molecular formula is C22H27FIN5. The number of rotatable bonds is 6. The fraction of sp³-hybridized carbons (Fsp3) is 0.273. The molecule has 154 valence electrons. The summed E-state index contributed by atoms with van der Waals surface area (Å²) in [7, 11) is 1.77. The third-order valence-corrected chi connectivity index (χ3v) is 4.64. The summed E-state index contributed by atoms with van der Waals surface area (Å²) in [6.07, 6.45) is 2.64. The van der Waals surface area contributed by atoms with E-state index in [1.807, 2.05) is 24.4 Å². The van der Waals surface area contributed by atoms with Crippen molar-refractivity contribution in [2.24, 2.45) is 4.99 Å². The minimum absolute atomic E-state index is 0. The van der Waals surface area contributed by atoms with Crippen molar-refractivity contribution in [2.45, 2.75) is 26.3 Å². The predicted octanol–water partition coefficient (Wildman–Crippen LogP) is 4.41. The van der Waals surface area contributed by atoms with Gasteiger partial charge in [-0.1, -0.05) is 24.3 Å². The van der Waals surface area contributed by atoms with E-state index >= 15 is 0 Å². The van der Waals surface area contributed by atoms with E-state index in [9.17, 15) is 4.39 Å². The van der Waals surface area contributed by atoms with Crippen molar-refractivity contribution in [3.63, 3.8) is 0 Å². The van der Waals surface area contributed by atoms with E-state index in [4.69, 9.17) is 0 Å². The molecule has 0 radical (unpaired) electrons. The molecule has 0 saturated heterocycles. The second kappa shape index (κ2) is 10.9. The van der Waals surface area contributed by atoms with Gasteiger partial charge < -0.3 is 10.6 Å². The van der Waals surface area contributed by atoms with Crippen molar-refractivity contribution in [3.8, 4) is 5.69 Å². The average molecular weight is 507 g/mol. The van der Waals surface area contributed by atoms with E-state index in [2.05, 4.69) is 46.7 Å². The SMILES string of the molecule is CN=C(NCCc1ccn(-c2ccc(F)cc2)n1)NC(C)c1ccccc1C.I. The number of aromatic nitrogens is 2. The first-order valence-corrected chi connectivity index (χ1v) is 9.40. The molecule has 0 aliphatic rings. The minimum atomic E-state index is -0.251. The zero-order valence-electron chi connectivity index (χ0n) is 16.9. The number of benzene rings is 2. The van der Waals surface area contributed by atoms with Crippen LogP contribution in [0.5, 0.6) is 0 Å². The number of hydrogen-bond acceptors (Lipinski definition) is 2. The maximum atomic E-state index is 13.0. The number of aryl methyl sites for hydroxylation is 1. The van der Waals surface area contributed by atoms with Gasteiger partial charge in [-0.15, -0.1) is 24.0 Å². The van der Waals surface area contributed by atoms with Crippen molar-refractivity contribution >= 4 is 29.9 Å². The summed E-state index contributed by atoms with van der Waals surface area (Å²) >= 11 is 0. The van der Waals surface area contributed by atoms with E-state index in [1.165, 1.54) is 23.3 Å². The summed E-state index contributed by atoms with van der Waals surface area (Å²) in [5.41, 5.74) is 4.30. The van der Waals surface area contributed by atoms with Crippen LogP contribution in [0.3, 0.4) is 0 Å². The summed E-state index contributed by atoms with van der Waals surface area (Å²) in [6.45, 7) is 4.95. The highest BCUT2D eigenvalue weighted by molar-refractivity contribution is 14.0. The highest BCUT2D eigenvalue weighted by atomic mass is 127. The molecule has 1 heterocycles. The molecule has 3 rings (SSSR count). The lowest BCUT2D eigenvalue weighted by Gasteiger charge is -2.19. The Kier molecular flexibility index (Phi) is 8.63. The third-order valence-electron chi connectivity index (χ3n) is 4.64. The lowest BCUT2D eigenvalue weighted by molar-refractivity contribution is 0.627. The van der Waals surface area contributed by atoms with Crippen LogP contribution in [0.2, 0.25) is 0 Å². The van der Waals surface area contributed by atoms with Gasteiger partial charge in [-0.05, 0) is 55.3 Å². The Bertz CT molecular complexity index is 936. The van der Waals surface area contributed by atoms with E-state index in [1.54, 1.807) is 23.9 Å². The Hall–Kier alpha value is -2.42. The van der Waals surface area contributed by atoms with Crippen molar-refractivity contribution in [1.82, 2.24) is 20.4 Å². The van der Waals surface area contributed by atoms with Crippen molar-refractivity contribution in [1.29, 1.82) is 0 Å². The lowest BCUT2D eigenvalue weighted by Crippen LogP contribution is -2.39. The molecule has 5 nitrogen and oxygen atoms in total. The quantitative estimate of drug-likeness (QED) is 0.296. The van der Waals surface area contributed by atoms with Crippen LogP contribution < -0.4 is 10.6 Å². The molecule has 0 amide bonds. The monoisotopic (exact) mass is 507 g/mol. The predicted molar refractivity (Wildman–Crippen MR) is 127 cm³/mol. The van der Waals surface area contributed by atoms with Gasteiger partial charge in [0, 0.05) is 26.2 Å². The number of halogens is 2. The molecular weight excluding hydrogens is 480 g/mol. The molecule has 1 aromatic heterocycles. The van der Waals surface area contributed by atoms with E-state index < -0.39 is 0 Å². The normalized spacial score (nSPS) is 12.2. The van der Waals surface area contributed by atoms with Crippen LogP contribution in [-0.2, 0) is 6.42 Å². The Labute approximate surface area is 188 Å². The summed E-state index contributed by atoms with van der Waals surface area (Å²) in [6, 6.07) is 16.8. The molecule has 0 spiro atoms. The molecule has 1 atom stereocenters. The van der Waals surface area contributed by atoms with Gasteiger partial charge in [-0.3, -0.25) is 4.99 Å². The van der Waals surface area contributed by atoms with Gasteiger partial charge in [0.25, 0.3) is 0 Å². The second-order valence-electron chi connectivity index (χ2n) is 6.70. The maximum Gasteiger partial charge on any atom is 0.191 e. The van der Waals surface area contributed by atoms with E-state index in [0.29, 0.717) is 6.54 Å². The van der Waals surface area contributed by atoms with Gasteiger partial charge in [0.2, 0.25) is 0 Å². The molecule has 7 heteroatoms. The summed E-state index contributed by atoms with van der Waals surface area (Å²) in [5, 5.41) is 11.3. The maximum absolute atomic E-state index is 13.0. The molecule has 1 unspecified atom stereocenters. The molecule has 29 heavy (non-hydrogen) atoms. The number of aliphatic imine (C=N–C) groups is 1. The molecule has 0 aliphatic carbocycles. The first-order chi connectivity index (χ1) is 13.6. The molecule has 2 N–H and O–H groups in total. The van der Waals surface area contributed by atoms with Crippen LogP contribution in [0.4, 0.5) is 4.39 Å². The molecule has 0 saturated carbocycles. The van der Waals surface area contributed by atoms with Crippen LogP contribution in [-0.4, -0.2) is 29.3 Å². The standard InChI is InChI=1S/C22H26FN5.HI/c1-16-6-4-5-7-21(16)17(2)26-22(24-3)25-14-12-19-13-15-28(27-19)20-10-8-18(23)9-11-20;/h4-11,13,15,17H,12,14H2,1-3H3,(H2,24,25,26);1H. The minimum Gasteiger partial charge on any atom is -0.356 e. The number of nitrogens with zero attached hydrogens (tertiary/aromatic N) is 3. The van der Waals surface area contributed by atoms with Gasteiger partial charge in [0.15, 0.2) is 5.96 Å². The van der Waals surface area contributed by atoms with E-state index in [0.717, 1.165) is 23.8 Å². The first-order valence-electron chi connectivity index (χ1n) is 9.40. The second-order valence-corrected chi connectivity index (χ2v) is 6.70. The molecule has 3 aromatic rings. The lowest BCUT2D eigenvalue weighted by atomic mass is 10.0. The van der Waals surface area contributed by atoms with Crippen LogP contribution in [0.25, 0.3) is 5.69 Å². The van der Waals surface area contributed by atoms with Crippen molar-refractivity contribution in [2.75, 3.05) is 13.6 Å². The Morgan fingerprint density at radius 1 is 1.14 bits per heavy atom. The van der Waals surface area contributed by atoms with E-state index in [-0.39, 0.29) is 35.8 Å². The smallest absolute Gasteiger partial charge is 0.191 e. The highest BCUT2D eigenvalue weighted by Gasteiger charge is 2.10. The molecule has 0 fully saturated rings. The van der Waals surface area contributed by atoms with Crippen molar-refractivity contribution < 1.29 is 4.39 Å². The highest BCUT2D eigenvalue weighted by Crippen LogP contribution is 2.16. The summed E-state index contributed by atoms with van der Waals surface area (Å²) in [4.78, 5) is 4.31. The zero-order chi connectivity index (χ0) is 19.9. The van der Waals surface area contributed by atoms with Crippen LogP contribution >= 0.6 is 24.0 Å². The zero-order valence-corrected chi connectivity index (χ0v) is 19.2. The van der Waals surface area contributed by atoms with Gasteiger partial charge in [0.05, 0.1) is 17.4 Å². The third kappa shape index (κ3) is 6.28. The van der Waals surface area contributed by atoms with Gasteiger partial charge in [-0.25, -0.2) is 9.07 Å². The average Bonchev–Trinajstić information content (AvgIpc) is 3.17. The number of nitrogens with one attached hydrogen (secondary N) is 2.